The number of anilines is 2. The van der Waals surface area contributed by atoms with Gasteiger partial charge in [0.2, 0.25) is 0 Å². The number of hydrogen-bond donors (Lipinski definition) is 2. The van der Waals surface area contributed by atoms with Gasteiger partial charge in [-0.15, -0.1) is 0 Å². The van der Waals surface area contributed by atoms with Gasteiger partial charge >= 0.3 is 0 Å². The van der Waals surface area contributed by atoms with Crippen LogP contribution in [0, 0.1) is 0 Å². The molecule has 0 saturated heterocycles. The maximum Gasteiger partial charge on any atom is 0.130 e. The van der Waals surface area contributed by atoms with E-state index in [2.05, 4.69) is 10.3 Å². The van der Waals surface area contributed by atoms with Gasteiger partial charge in [0.1, 0.15) is 5.82 Å². The molecule has 0 amide bonds. The van der Waals surface area contributed by atoms with E-state index in [0.29, 0.717) is 11.6 Å². The lowest BCUT2D eigenvalue weighted by molar-refractivity contribution is 1.07. The summed E-state index contributed by atoms with van der Waals surface area (Å²) in [6, 6.07) is 11.5. The predicted molar refractivity (Wildman–Crippen MR) is 66.9 cm³/mol. The molecule has 0 aliphatic carbocycles. The fraction of sp³-hybridized carbons (Fsp3) is 0.0833. The van der Waals surface area contributed by atoms with Crippen LogP contribution in [-0.2, 0) is 6.54 Å². The fourth-order valence-corrected chi connectivity index (χ4v) is 1.52. The van der Waals surface area contributed by atoms with Crippen LogP contribution < -0.4 is 11.1 Å². The molecule has 0 saturated carbocycles. The predicted octanol–water partition coefficient (Wildman–Crippen LogP) is 2.94. The average molecular weight is 234 g/mol. The van der Waals surface area contributed by atoms with Crippen LogP contribution in [0.4, 0.5) is 11.5 Å². The van der Waals surface area contributed by atoms with Crippen molar-refractivity contribution in [2.24, 2.45) is 5.73 Å². The van der Waals surface area contributed by atoms with Crippen LogP contribution in [0.3, 0.4) is 0 Å². The van der Waals surface area contributed by atoms with Crippen molar-refractivity contribution in [2.75, 3.05) is 5.32 Å². The zero-order chi connectivity index (χ0) is 11.4. The summed E-state index contributed by atoms with van der Waals surface area (Å²) in [7, 11) is 0. The number of nitrogens with two attached hydrogens (primary N) is 1. The number of halogens is 1. The molecule has 1 aromatic heterocycles. The van der Waals surface area contributed by atoms with E-state index in [9.17, 15) is 0 Å². The Kier molecular flexibility index (Phi) is 3.39. The molecule has 0 aliphatic rings. The highest BCUT2D eigenvalue weighted by molar-refractivity contribution is 6.30. The molecule has 0 aliphatic heterocycles. The van der Waals surface area contributed by atoms with E-state index in [-0.39, 0.29) is 0 Å². The van der Waals surface area contributed by atoms with Gasteiger partial charge in [-0.05, 0) is 23.8 Å². The van der Waals surface area contributed by atoms with Crippen LogP contribution in [0.25, 0.3) is 0 Å². The molecule has 4 heteroatoms. The summed E-state index contributed by atoms with van der Waals surface area (Å²) >= 11 is 5.76. The van der Waals surface area contributed by atoms with Gasteiger partial charge in [0.05, 0.1) is 5.02 Å². The molecule has 0 spiro atoms. The Balaban J connectivity index is 2.23. The molecule has 16 heavy (non-hydrogen) atoms. The van der Waals surface area contributed by atoms with E-state index in [1.165, 1.54) is 0 Å². The van der Waals surface area contributed by atoms with Crippen LogP contribution in [0.5, 0.6) is 0 Å². The summed E-state index contributed by atoms with van der Waals surface area (Å²) in [5.41, 5.74) is 7.67. The van der Waals surface area contributed by atoms with Crippen LogP contribution >= 0.6 is 11.6 Å². The molecule has 2 rings (SSSR count). The molecule has 2 aromatic rings. The zero-order valence-corrected chi connectivity index (χ0v) is 9.41. The van der Waals surface area contributed by atoms with Crippen molar-refractivity contribution in [1.82, 2.24) is 4.98 Å². The van der Waals surface area contributed by atoms with E-state index < -0.39 is 0 Å². The van der Waals surface area contributed by atoms with Gasteiger partial charge in [-0.1, -0.05) is 29.8 Å². The zero-order valence-electron chi connectivity index (χ0n) is 8.65. The number of nitrogens with one attached hydrogen (secondary N) is 1. The van der Waals surface area contributed by atoms with Gasteiger partial charge in [0.25, 0.3) is 0 Å². The Morgan fingerprint density at radius 2 is 2.00 bits per heavy atom. The number of benzene rings is 1. The second-order valence-electron chi connectivity index (χ2n) is 3.35. The summed E-state index contributed by atoms with van der Waals surface area (Å²) in [5.74, 6) is 0.755. The lowest BCUT2D eigenvalue weighted by atomic mass is 10.2. The molecule has 0 radical (unpaired) electrons. The summed E-state index contributed by atoms with van der Waals surface area (Å²) in [6.07, 6.45) is 1.61. The third-order valence-electron chi connectivity index (χ3n) is 2.23. The molecule has 1 heterocycles. The topological polar surface area (TPSA) is 50.9 Å². The molecule has 0 atom stereocenters. The number of hydrogen-bond acceptors (Lipinski definition) is 3. The molecule has 82 valence electrons. The number of para-hydroxylation sites is 1. The Hall–Kier alpha value is -1.58. The smallest absolute Gasteiger partial charge is 0.130 e. The highest BCUT2D eigenvalue weighted by atomic mass is 35.5. The highest BCUT2D eigenvalue weighted by Gasteiger charge is 2.00. The summed E-state index contributed by atoms with van der Waals surface area (Å²) in [4.78, 5) is 4.17. The van der Waals surface area contributed by atoms with Crippen molar-refractivity contribution in [3.63, 3.8) is 0 Å². The summed E-state index contributed by atoms with van der Waals surface area (Å²) < 4.78 is 0. The van der Waals surface area contributed by atoms with Crippen LogP contribution in [0.2, 0.25) is 5.02 Å². The SMILES string of the molecule is NCc1ccccc1Nc1ccc(Cl)cn1. The largest absolute Gasteiger partial charge is 0.340 e. The maximum absolute atomic E-state index is 5.76. The summed E-state index contributed by atoms with van der Waals surface area (Å²) in [6.45, 7) is 0.497. The molecule has 0 fully saturated rings. The number of nitrogens with zero attached hydrogens (tertiary/aromatic N) is 1. The Labute approximate surface area is 99.3 Å². The lowest BCUT2D eigenvalue weighted by Crippen LogP contribution is -2.02. The van der Waals surface area contributed by atoms with Crippen molar-refractivity contribution < 1.29 is 0 Å². The fourth-order valence-electron chi connectivity index (χ4n) is 1.41. The van der Waals surface area contributed by atoms with E-state index in [1.807, 2.05) is 30.3 Å². The molecule has 1 aromatic carbocycles. The van der Waals surface area contributed by atoms with E-state index in [0.717, 1.165) is 17.1 Å². The van der Waals surface area contributed by atoms with E-state index in [1.54, 1.807) is 12.3 Å². The first-order valence-electron chi connectivity index (χ1n) is 4.96. The van der Waals surface area contributed by atoms with Gasteiger partial charge in [-0.2, -0.15) is 0 Å². The minimum atomic E-state index is 0.497. The van der Waals surface area contributed by atoms with Crippen molar-refractivity contribution in [3.8, 4) is 0 Å². The molecule has 3 nitrogen and oxygen atoms in total. The second kappa shape index (κ2) is 4.96. The van der Waals surface area contributed by atoms with Crippen LogP contribution in [0.1, 0.15) is 5.56 Å². The standard InChI is InChI=1S/C12H12ClN3/c13-10-5-6-12(15-8-10)16-11-4-2-1-3-9(11)7-14/h1-6,8H,7,14H2,(H,15,16). The average Bonchev–Trinajstić information content (AvgIpc) is 2.33. The molecule has 3 N–H and O–H groups in total. The first kappa shape index (κ1) is 10.9. The van der Waals surface area contributed by atoms with Gasteiger partial charge in [0, 0.05) is 18.4 Å². The third-order valence-corrected chi connectivity index (χ3v) is 2.45. The van der Waals surface area contributed by atoms with Crippen molar-refractivity contribution in [3.05, 3.63) is 53.2 Å². The van der Waals surface area contributed by atoms with Gasteiger partial charge in [-0.3, -0.25) is 0 Å². The number of aromatic nitrogens is 1. The van der Waals surface area contributed by atoms with Gasteiger partial charge in [0.15, 0.2) is 0 Å². The first-order chi connectivity index (χ1) is 7.79. The third kappa shape index (κ3) is 2.51. The normalized spacial score (nSPS) is 10.1. The van der Waals surface area contributed by atoms with Crippen molar-refractivity contribution in [2.45, 2.75) is 6.54 Å². The maximum atomic E-state index is 5.76. The molecule has 0 bridgehead atoms. The monoisotopic (exact) mass is 233 g/mol. The van der Waals surface area contributed by atoms with Gasteiger partial charge < -0.3 is 11.1 Å². The Morgan fingerprint density at radius 1 is 1.19 bits per heavy atom. The number of pyridine rings is 1. The lowest BCUT2D eigenvalue weighted by Gasteiger charge is -2.09. The van der Waals surface area contributed by atoms with Crippen molar-refractivity contribution in [1.29, 1.82) is 0 Å². The molecule has 0 unspecified atom stereocenters. The van der Waals surface area contributed by atoms with Crippen molar-refractivity contribution >= 4 is 23.1 Å². The minimum Gasteiger partial charge on any atom is -0.340 e. The van der Waals surface area contributed by atoms with E-state index in [4.69, 9.17) is 17.3 Å². The summed E-state index contributed by atoms with van der Waals surface area (Å²) in [5, 5.41) is 3.82. The second-order valence-corrected chi connectivity index (χ2v) is 3.78. The van der Waals surface area contributed by atoms with E-state index >= 15 is 0 Å². The van der Waals surface area contributed by atoms with Crippen LogP contribution in [-0.4, -0.2) is 4.98 Å². The van der Waals surface area contributed by atoms with Gasteiger partial charge in [-0.25, -0.2) is 4.98 Å². The Morgan fingerprint density at radius 3 is 2.69 bits per heavy atom. The Bertz CT molecular complexity index is 468. The first-order valence-corrected chi connectivity index (χ1v) is 5.34. The quantitative estimate of drug-likeness (QED) is 0.857. The molecular weight excluding hydrogens is 222 g/mol. The minimum absolute atomic E-state index is 0.497. The number of rotatable bonds is 3. The molecular formula is C12H12ClN3. The van der Waals surface area contributed by atoms with Crippen LogP contribution in [0.15, 0.2) is 42.6 Å². The highest BCUT2D eigenvalue weighted by Crippen LogP contribution is 2.19.